The molecule has 9 nitrogen and oxygen atoms in total. The number of rotatable bonds is 7. The highest BCUT2D eigenvalue weighted by atomic mass is 35.5. The van der Waals surface area contributed by atoms with Crippen LogP contribution in [0.5, 0.6) is 5.75 Å². The Morgan fingerprint density at radius 1 is 1.15 bits per heavy atom. The van der Waals surface area contributed by atoms with Gasteiger partial charge in [0, 0.05) is 17.9 Å². The average Bonchev–Trinajstić information content (AvgIpc) is 3.20. The number of halogens is 1. The van der Waals surface area contributed by atoms with Gasteiger partial charge in [-0.3, -0.25) is 9.52 Å². The Kier molecular flexibility index (Phi) is 6.20. The zero-order valence-electron chi connectivity index (χ0n) is 18.6. The molecule has 0 radical (unpaired) electrons. The summed E-state index contributed by atoms with van der Waals surface area (Å²) in [6.07, 6.45) is 3.01. The van der Waals surface area contributed by atoms with Crippen molar-refractivity contribution in [3.8, 4) is 5.75 Å². The number of nitrogen functional groups attached to an aromatic ring is 1. The van der Waals surface area contributed by atoms with Crippen LogP contribution in [0.15, 0.2) is 59.9 Å². The molecule has 176 valence electrons. The summed E-state index contributed by atoms with van der Waals surface area (Å²) in [5.41, 5.74) is 7.22. The number of nitrogens with one attached hydrogen (secondary N) is 1. The van der Waals surface area contributed by atoms with E-state index in [0.717, 1.165) is 0 Å². The summed E-state index contributed by atoms with van der Waals surface area (Å²) in [7, 11) is -2.57. The van der Waals surface area contributed by atoms with Gasteiger partial charge in [-0.25, -0.2) is 18.4 Å². The third-order valence-corrected chi connectivity index (χ3v) is 7.14. The molecule has 34 heavy (non-hydrogen) atoms. The van der Waals surface area contributed by atoms with Gasteiger partial charge >= 0.3 is 0 Å². The van der Waals surface area contributed by atoms with E-state index >= 15 is 0 Å². The maximum Gasteiger partial charge on any atom is 0.263 e. The van der Waals surface area contributed by atoms with Gasteiger partial charge in [0.1, 0.15) is 28.4 Å². The number of benzene rings is 2. The van der Waals surface area contributed by atoms with Crippen LogP contribution in [0.2, 0.25) is 5.02 Å². The minimum absolute atomic E-state index is 0.00834. The first-order valence-corrected chi connectivity index (χ1v) is 12.1. The quantitative estimate of drug-likeness (QED) is 0.363. The molecule has 4 rings (SSSR count). The van der Waals surface area contributed by atoms with Gasteiger partial charge in [0.2, 0.25) is 0 Å². The fourth-order valence-corrected chi connectivity index (χ4v) is 5.21. The third kappa shape index (κ3) is 4.17. The van der Waals surface area contributed by atoms with Gasteiger partial charge in [0.15, 0.2) is 5.78 Å². The van der Waals surface area contributed by atoms with Crippen LogP contribution in [0.1, 0.15) is 35.8 Å². The number of carbonyl (C=O) groups excluding carboxylic acids is 1. The van der Waals surface area contributed by atoms with Crippen molar-refractivity contribution in [3.63, 3.8) is 0 Å². The number of anilines is 2. The van der Waals surface area contributed by atoms with Crippen LogP contribution in [-0.2, 0) is 10.0 Å². The van der Waals surface area contributed by atoms with Gasteiger partial charge in [-0.1, -0.05) is 23.7 Å². The molecule has 2 aromatic carbocycles. The first-order valence-electron chi connectivity index (χ1n) is 10.2. The molecule has 11 heteroatoms. The molecule has 0 fully saturated rings. The van der Waals surface area contributed by atoms with Crippen LogP contribution in [-0.4, -0.2) is 35.8 Å². The van der Waals surface area contributed by atoms with Crippen molar-refractivity contribution in [3.05, 3.63) is 71.1 Å². The molecule has 0 spiro atoms. The van der Waals surface area contributed by atoms with Crippen molar-refractivity contribution in [2.45, 2.75) is 24.8 Å². The lowest BCUT2D eigenvalue weighted by Gasteiger charge is -2.13. The zero-order chi connectivity index (χ0) is 24.6. The van der Waals surface area contributed by atoms with Crippen molar-refractivity contribution in [1.82, 2.24) is 14.5 Å². The lowest BCUT2D eigenvalue weighted by Crippen LogP contribution is -2.14. The molecule has 0 aliphatic heterocycles. The largest absolute Gasteiger partial charge is 0.496 e. The van der Waals surface area contributed by atoms with E-state index < -0.39 is 15.8 Å². The number of aromatic nitrogens is 3. The van der Waals surface area contributed by atoms with E-state index in [-0.39, 0.29) is 44.3 Å². The lowest BCUT2D eigenvalue weighted by atomic mass is 10.0. The maximum atomic E-state index is 13.7. The molecular weight excluding hydrogens is 478 g/mol. The smallest absolute Gasteiger partial charge is 0.263 e. The molecule has 0 aliphatic rings. The predicted molar refractivity (Wildman–Crippen MR) is 131 cm³/mol. The SMILES string of the molecule is COc1ccc(NS(=O)(=O)c2ccccc2Cl)cc1C(=O)c1cn(C(C)C)c2ncnc(N)c12. The number of ether oxygens (including phenoxy) is 1. The number of methoxy groups -OCH3 is 1. The van der Waals surface area contributed by atoms with Crippen LogP contribution in [0, 0.1) is 0 Å². The molecule has 0 unspecified atom stereocenters. The minimum atomic E-state index is -4.00. The molecule has 0 amide bonds. The Labute approximate surface area is 201 Å². The van der Waals surface area contributed by atoms with Crippen LogP contribution in [0.4, 0.5) is 11.5 Å². The van der Waals surface area contributed by atoms with Crippen LogP contribution in [0.25, 0.3) is 11.0 Å². The number of ketones is 1. The standard InChI is InChI=1S/C23H22ClN5O4S/c1-13(2)29-11-16(20-22(25)26-12-27-23(20)29)21(30)15-10-14(8-9-18(15)33-3)28-34(31,32)19-7-5-4-6-17(19)24/h4-13,28H,1-3H3,(H2,25,26,27). The number of nitrogens with zero attached hydrogens (tertiary/aromatic N) is 3. The van der Waals surface area contributed by atoms with E-state index in [2.05, 4.69) is 14.7 Å². The number of nitrogens with two attached hydrogens (primary N) is 1. The summed E-state index contributed by atoms with van der Waals surface area (Å²) in [4.78, 5) is 21.9. The number of carbonyl (C=O) groups is 1. The normalized spacial score (nSPS) is 11.7. The molecule has 0 bridgehead atoms. The van der Waals surface area contributed by atoms with Crippen LogP contribution in [0.3, 0.4) is 0 Å². The van der Waals surface area contributed by atoms with Crippen molar-refractivity contribution in [2.24, 2.45) is 0 Å². The highest BCUT2D eigenvalue weighted by Crippen LogP contribution is 2.33. The highest BCUT2D eigenvalue weighted by molar-refractivity contribution is 7.92. The fraction of sp³-hybridized carbons (Fsp3) is 0.174. The summed E-state index contributed by atoms with van der Waals surface area (Å²) in [6, 6.07) is 10.5. The Hall–Kier alpha value is -3.63. The molecule has 0 saturated carbocycles. The summed E-state index contributed by atoms with van der Waals surface area (Å²) >= 11 is 6.06. The van der Waals surface area contributed by atoms with E-state index in [4.69, 9.17) is 22.1 Å². The van der Waals surface area contributed by atoms with Crippen LogP contribution < -0.4 is 15.2 Å². The minimum Gasteiger partial charge on any atom is -0.496 e. The van der Waals surface area contributed by atoms with E-state index in [1.807, 2.05) is 18.4 Å². The first kappa shape index (κ1) is 23.5. The van der Waals surface area contributed by atoms with Gasteiger partial charge in [0.25, 0.3) is 10.0 Å². The fourth-order valence-electron chi connectivity index (χ4n) is 3.64. The Morgan fingerprint density at radius 2 is 1.88 bits per heavy atom. The zero-order valence-corrected chi connectivity index (χ0v) is 20.2. The number of fused-ring (bicyclic) bond motifs is 1. The van der Waals surface area contributed by atoms with Gasteiger partial charge in [-0.2, -0.15) is 0 Å². The van der Waals surface area contributed by atoms with Gasteiger partial charge in [0.05, 0.1) is 28.6 Å². The predicted octanol–water partition coefficient (Wildman–Crippen LogP) is 4.29. The molecule has 4 aromatic rings. The second kappa shape index (κ2) is 8.96. The summed E-state index contributed by atoms with van der Waals surface area (Å²) in [6.45, 7) is 3.91. The van der Waals surface area contributed by atoms with Gasteiger partial charge < -0.3 is 15.0 Å². The van der Waals surface area contributed by atoms with Gasteiger partial charge in [-0.15, -0.1) is 0 Å². The van der Waals surface area contributed by atoms with E-state index in [1.165, 1.54) is 43.8 Å². The number of hydrogen-bond donors (Lipinski definition) is 2. The molecule has 0 aliphatic carbocycles. The van der Waals surface area contributed by atoms with Crippen molar-refractivity contribution < 1.29 is 17.9 Å². The lowest BCUT2D eigenvalue weighted by molar-refractivity contribution is 0.103. The molecular formula is C23H22ClN5O4S. The van der Waals surface area contributed by atoms with Crippen molar-refractivity contribution >= 4 is 49.9 Å². The highest BCUT2D eigenvalue weighted by Gasteiger charge is 2.25. The molecule has 0 saturated heterocycles. The third-order valence-electron chi connectivity index (χ3n) is 5.26. The monoisotopic (exact) mass is 499 g/mol. The number of hydrogen-bond acceptors (Lipinski definition) is 7. The Balaban J connectivity index is 1.81. The summed E-state index contributed by atoms with van der Waals surface area (Å²) < 4.78 is 35.4. The average molecular weight is 500 g/mol. The van der Waals surface area contributed by atoms with E-state index in [1.54, 1.807) is 18.3 Å². The van der Waals surface area contributed by atoms with E-state index in [9.17, 15) is 13.2 Å². The topological polar surface area (TPSA) is 129 Å². The first-order chi connectivity index (χ1) is 16.1. The number of sulfonamides is 1. The summed E-state index contributed by atoms with van der Waals surface area (Å²) in [5, 5.41) is 0.502. The molecule has 2 heterocycles. The molecule has 2 aromatic heterocycles. The van der Waals surface area contributed by atoms with Crippen molar-refractivity contribution in [1.29, 1.82) is 0 Å². The second-order valence-electron chi connectivity index (χ2n) is 7.78. The van der Waals surface area contributed by atoms with Crippen LogP contribution >= 0.6 is 11.6 Å². The molecule has 0 atom stereocenters. The maximum absolute atomic E-state index is 13.7. The summed E-state index contributed by atoms with van der Waals surface area (Å²) in [5.74, 6) is 0.0235. The van der Waals surface area contributed by atoms with E-state index in [0.29, 0.717) is 11.0 Å². The Morgan fingerprint density at radius 3 is 2.56 bits per heavy atom. The van der Waals surface area contributed by atoms with Crippen molar-refractivity contribution in [2.75, 3.05) is 17.6 Å². The Bertz CT molecular complexity index is 1520. The second-order valence-corrected chi connectivity index (χ2v) is 9.84. The van der Waals surface area contributed by atoms with Gasteiger partial charge in [-0.05, 0) is 44.2 Å². The molecule has 3 N–H and O–H groups in total.